The third-order valence-corrected chi connectivity index (χ3v) is 3.40. The molecule has 2 aromatic carbocycles. The predicted molar refractivity (Wildman–Crippen MR) is 86.2 cm³/mol. The smallest absolute Gasteiger partial charge is 0.338 e. The molecule has 0 radical (unpaired) electrons. The minimum atomic E-state index is -0.510. The summed E-state index contributed by atoms with van der Waals surface area (Å²) in [5, 5.41) is 13.8. The van der Waals surface area contributed by atoms with Crippen molar-refractivity contribution in [1.29, 1.82) is 0 Å². The summed E-state index contributed by atoms with van der Waals surface area (Å²) < 4.78 is 5.14. The summed E-state index contributed by atoms with van der Waals surface area (Å²) >= 11 is 0. The quantitative estimate of drug-likeness (QED) is 0.367. The number of carbonyl (C=O) groups is 1. The van der Waals surface area contributed by atoms with E-state index in [1.165, 1.54) is 24.3 Å². The predicted octanol–water partition coefficient (Wildman–Crippen LogP) is 3.10. The zero-order valence-electron chi connectivity index (χ0n) is 12.8. The highest BCUT2D eigenvalue weighted by Gasteiger charge is 2.10. The fraction of sp³-hybridized carbons (Fsp3) is 0.235. The summed E-state index contributed by atoms with van der Waals surface area (Å²) in [6, 6.07) is 15.5. The summed E-state index contributed by atoms with van der Waals surface area (Å²) in [4.78, 5) is 21.9. The number of carbonyl (C=O) groups excluding carboxylic acids is 1. The van der Waals surface area contributed by atoms with Gasteiger partial charge in [-0.15, -0.1) is 0 Å². The van der Waals surface area contributed by atoms with Crippen LogP contribution in [-0.4, -0.2) is 24.0 Å². The number of nitro groups is 1. The average molecular weight is 314 g/mol. The monoisotopic (exact) mass is 314 g/mol. The molecule has 1 N–H and O–H groups in total. The minimum Gasteiger partial charge on any atom is -0.461 e. The van der Waals surface area contributed by atoms with Gasteiger partial charge in [0, 0.05) is 24.7 Å². The molecule has 0 amide bonds. The van der Waals surface area contributed by atoms with Crippen LogP contribution >= 0.6 is 0 Å². The Hall–Kier alpha value is -2.73. The molecule has 0 saturated heterocycles. The summed E-state index contributed by atoms with van der Waals surface area (Å²) in [5.74, 6) is -0.492. The van der Waals surface area contributed by atoms with E-state index in [-0.39, 0.29) is 18.3 Å². The van der Waals surface area contributed by atoms with E-state index in [9.17, 15) is 14.9 Å². The Morgan fingerprint density at radius 2 is 1.83 bits per heavy atom. The summed E-state index contributed by atoms with van der Waals surface area (Å²) in [5.41, 5.74) is 1.40. The molecule has 6 heteroatoms. The molecule has 2 rings (SSSR count). The highest BCUT2D eigenvalue weighted by atomic mass is 16.6. The van der Waals surface area contributed by atoms with E-state index in [1.54, 1.807) is 0 Å². The molecule has 6 nitrogen and oxygen atoms in total. The van der Waals surface area contributed by atoms with Gasteiger partial charge in [-0.3, -0.25) is 10.1 Å². The zero-order valence-corrected chi connectivity index (χ0v) is 12.8. The lowest BCUT2D eigenvalue weighted by Crippen LogP contribution is -2.24. The number of benzene rings is 2. The molecular weight excluding hydrogens is 296 g/mol. The first-order chi connectivity index (χ1) is 11.1. The first-order valence-electron chi connectivity index (χ1n) is 7.28. The summed E-state index contributed by atoms with van der Waals surface area (Å²) in [7, 11) is 0. The maximum atomic E-state index is 11.8. The van der Waals surface area contributed by atoms with Crippen LogP contribution in [0.15, 0.2) is 54.6 Å². The molecule has 0 saturated carbocycles. The Labute approximate surface area is 134 Å². The highest BCUT2D eigenvalue weighted by molar-refractivity contribution is 5.89. The molecule has 0 aromatic heterocycles. The molecule has 0 fully saturated rings. The van der Waals surface area contributed by atoms with Gasteiger partial charge in [0.15, 0.2) is 0 Å². The van der Waals surface area contributed by atoms with Crippen LogP contribution in [-0.2, 0) is 4.74 Å². The number of nitro benzene ring substituents is 1. The Balaban J connectivity index is 1.75. The van der Waals surface area contributed by atoms with E-state index >= 15 is 0 Å². The number of hydrogen-bond donors (Lipinski definition) is 1. The van der Waals surface area contributed by atoms with Crippen molar-refractivity contribution in [3.63, 3.8) is 0 Å². The first-order valence-corrected chi connectivity index (χ1v) is 7.28. The van der Waals surface area contributed by atoms with Crippen LogP contribution in [0.5, 0.6) is 0 Å². The van der Waals surface area contributed by atoms with Crippen molar-refractivity contribution in [2.24, 2.45) is 0 Å². The third kappa shape index (κ3) is 4.89. The number of non-ortho nitro benzene ring substituents is 1. The van der Waals surface area contributed by atoms with Gasteiger partial charge in [-0.25, -0.2) is 4.79 Å². The largest absolute Gasteiger partial charge is 0.461 e. The average Bonchev–Trinajstić information content (AvgIpc) is 2.59. The van der Waals surface area contributed by atoms with Crippen molar-refractivity contribution < 1.29 is 14.5 Å². The molecule has 23 heavy (non-hydrogen) atoms. The number of ether oxygens (including phenoxy) is 1. The summed E-state index contributed by atoms with van der Waals surface area (Å²) in [6.45, 7) is 2.79. The van der Waals surface area contributed by atoms with E-state index in [2.05, 4.69) is 5.32 Å². The van der Waals surface area contributed by atoms with Crippen LogP contribution < -0.4 is 5.32 Å². The van der Waals surface area contributed by atoms with Crippen molar-refractivity contribution in [2.75, 3.05) is 13.2 Å². The lowest BCUT2D eigenvalue weighted by molar-refractivity contribution is -0.384. The summed E-state index contributed by atoms with van der Waals surface area (Å²) in [6.07, 6.45) is 0. The van der Waals surface area contributed by atoms with Crippen LogP contribution in [0.3, 0.4) is 0 Å². The van der Waals surface area contributed by atoms with E-state index < -0.39 is 10.9 Å². The molecule has 0 aliphatic carbocycles. The molecular formula is C17H18N2O4. The Kier molecular flexibility index (Phi) is 5.82. The van der Waals surface area contributed by atoms with Crippen molar-refractivity contribution in [3.8, 4) is 0 Å². The molecule has 0 aliphatic rings. The van der Waals surface area contributed by atoms with Crippen molar-refractivity contribution in [3.05, 3.63) is 75.8 Å². The third-order valence-electron chi connectivity index (χ3n) is 3.40. The molecule has 0 heterocycles. The van der Waals surface area contributed by atoms with E-state index in [1.807, 2.05) is 37.3 Å². The van der Waals surface area contributed by atoms with Gasteiger partial charge in [-0.1, -0.05) is 30.3 Å². The zero-order chi connectivity index (χ0) is 16.7. The SMILES string of the molecule is C[C@@H](NCCOC(=O)c1ccc([N+](=O)[O-])cc1)c1ccccc1. The van der Waals surface area contributed by atoms with Crippen molar-refractivity contribution in [1.82, 2.24) is 5.32 Å². The van der Waals surface area contributed by atoms with E-state index in [0.29, 0.717) is 12.1 Å². The van der Waals surface area contributed by atoms with Gasteiger partial charge >= 0.3 is 5.97 Å². The highest BCUT2D eigenvalue weighted by Crippen LogP contribution is 2.13. The maximum Gasteiger partial charge on any atom is 0.338 e. The standard InChI is InChI=1S/C17H18N2O4/c1-13(14-5-3-2-4-6-14)18-11-12-23-17(20)15-7-9-16(10-8-15)19(21)22/h2-10,13,18H,11-12H2,1H3/t13-/m1/s1. The Morgan fingerprint density at radius 1 is 1.17 bits per heavy atom. The minimum absolute atomic E-state index is 0.0556. The second-order valence-electron chi connectivity index (χ2n) is 5.03. The van der Waals surface area contributed by atoms with Gasteiger partial charge in [0.05, 0.1) is 10.5 Å². The number of rotatable bonds is 7. The molecule has 2 aromatic rings. The van der Waals surface area contributed by atoms with Crippen LogP contribution in [0.1, 0.15) is 28.9 Å². The van der Waals surface area contributed by atoms with Gasteiger partial charge in [-0.2, -0.15) is 0 Å². The van der Waals surface area contributed by atoms with E-state index in [0.717, 1.165) is 5.56 Å². The maximum absolute atomic E-state index is 11.8. The fourth-order valence-corrected chi connectivity index (χ4v) is 2.08. The van der Waals surface area contributed by atoms with Crippen molar-refractivity contribution in [2.45, 2.75) is 13.0 Å². The van der Waals surface area contributed by atoms with Gasteiger partial charge in [0.25, 0.3) is 5.69 Å². The fourth-order valence-electron chi connectivity index (χ4n) is 2.08. The van der Waals surface area contributed by atoms with Crippen LogP contribution in [0.25, 0.3) is 0 Å². The van der Waals surface area contributed by atoms with Gasteiger partial charge in [0.2, 0.25) is 0 Å². The second kappa shape index (κ2) is 8.05. The molecule has 0 spiro atoms. The van der Waals surface area contributed by atoms with Crippen LogP contribution in [0, 0.1) is 10.1 Å². The number of nitrogens with one attached hydrogen (secondary N) is 1. The van der Waals surface area contributed by atoms with Gasteiger partial charge in [0.1, 0.15) is 6.61 Å². The lowest BCUT2D eigenvalue weighted by atomic mass is 10.1. The van der Waals surface area contributed by atoms with E-state index in [4.69, 9.17) is 4.74 Å². The van der Waals surface area contributed by atoms with Gasteiger partial charge < -0.3 is 10.1 Å². The Bertz CT molecular complexity index is 656. The number of hydrogen-bond acceptors (Lipinski definition) is 5. The van der Waals surface area contributed by atoms with Crippen molar-refractivity contribution >= 4 is 11.7 Å². The molecule has 0 bridgehead atoms. The topological polar surface area (TPSA) is 81.5 Å². The normalized spacial score (nSPS) is 11.7. The second-order valence-corrected chi connectivity index (χ2v) is 5.03. The van der Waals surface area contributed by atoms with Crippen LogP contribution in [0.2, 0.25) is 0 Å². The molecule has 0 aliphatic heterocycles. The van der Waals surface area contributed by atoms with Gasteiger partial charge in [-0.05, 0) is 24.6 Å². The Morgan fingerprint density at radius 3 is 2.43 bits per heavy atom. The molecule has 0 unspecified atom stereocenters. The first kappa shape index (κ1) is 16.6. The molecule has 120 valence electrons. The molecule has 1 atom stereocenters. The lowest BCUT2D eigenvalue weighted by Gasteiger charge is -2.14. The van der Waals surface area contributed by atoms with Crippen LogP contribution in [0.4, 0.5) is 5.69 Å². The number of esters is 1. The number of nitrogens with zero attached hydrogens (tertiary/aromatic N) is 1.